The molecule has 10 aromatic heterocycles. The predicted molar refractivity (Wildman–Crippen MR) is 618 cm³/mol. The maximum absolute atomic E-state index is 6.17. The van der Waals surface area contributed by atoms with E-state index >= 15 is 0 Å². The molecule has 20 aromatic carbocycles. The van der Waals surface area contributed by atoms with Crippen molar-refractivity contribution in [3.05, 3.63) is 446 Å². The quantitative estimate of drug-likeness (QED) is 0.152. The van der Waals surface area contributed by atoms with Crippen LogP contribution in [0.2, 0.25) is 0 Å². The van der Waals surface area contributed by atoms with Crippen molar-refractivity contribution in [1.29, 1.82) is 0 Å². The Kier molecular flexibility index (Phi) is 19.8. The standard InChI is InChI=1S/3C22H19N.3C19H13NO.C13H11N/c1-22(2)18-10-6-4-8-14(18)16-12-17-15-9-5-7-11-20(15)23(3)21(17)13-19(16)22;1-22(2)17-10-6-4-8-14(17)15-12-13-19-20(21(15)22)16-9-5-7-11-18(16)23(19)3;1-22(2)18-10-6-4-8-14(18)16-12-13-17-15-9-5-7-11-19(15)23(3)21(17)20(16)22;1-20-15-8-4-2-7-14(15)18-16(20)11-10-13-12-6-3-5-9-17(12)21-19(13)18;1-20-16-8-4-2-6-12(16)14-10-15-13-7-3-5-9-18(13)21-19(15)11-17(14)20;1-20-16-8-4-2-6-12(16)14-10-11-15-13-7-3-5-9-17(13)21-19(15)18(14)20;1-14-12-8-4-2-6-10(12)11-7-3-5-9-13(11)14/h3*4-13H,1-3H3;3*2-11H,1H3;2-9H,1H3. The summed E-state index contributed by atoms with van der Waals surface area (Å²) in [6, 6.07) is 147. The fourth-order valence-electron chi connectivity index (χ4n) is 25.8. The van der Waals surface area contributed by atoms with E-state index in [2.05, 4.69) is 499 Å². The third kappa shape index (κ3) is 12.9. The molecule has 0 unspecified atom stereocenters. The van der Waals surface area contributed by atoms with E-state index in [1.54, 1.807) is 0 Å². The molecule has 0 N–H and O–H groups in total. The normalized spacial score (nSPS) is 13.4. The number of nitrogens with zero attached hydrogens (tertiary/aromatic N) is 7. The van der Waals surface area contributed by atoms with Crippen molar-refractivity contribution in [3.8, 4) is 33.4 Å². The van der Waals surface area contributed by atoms with Crippen molar-refractivity contribution in [3.63, 3.8) is 0 Å². The van der Waals surface area contributed by atoms with E-state index in [1.165, 1.54) is 252 Å². The molecule has 0 bridgehead atoms. The predicted octanol–water partition coefficient (Wildman–Crippen LogP) is 35.9. The molecule has 10 nitrogen and oxygen atoms in total. The highest BCUT2D eigenvalue weighted by Gasteiger charge is 2.41. The van der Waals surface area contributed by atoms with Crippen LogP contribution in [0.5, 0.6) is 0 Å². The van der Waals surface area contributed by atoms with Crippen LogP contribution in [-0.2, 0) is 65.6 Å². The smallest absolute Gasteiger partial charge is 0.159 e. The molecule has 704 valence electrons. The van der Waals surface area contributed by atoms with Gasteiger partial charge in [0.2, 0.25) is 0 Å². The maximum Gasteiger partial charge on any atom is 0.159 e. The van der Waals surface area contributed by atoms with Crippen LogP contribution in [0.25, 0.3) is 252 Å². The summed E-state index contributed by atoms with van der Waals surface area (Å²) in [6.07, 6.45) is 0. The molecule has 0 spiro atoms. The third-order valence-corrected chi connectivity index (χ3v) is 32.9. The molecule has 10 heteroatoms. The summed E-state index contributed by atoms with van der Waals surface area (Å²) in [7, 11) is 15.0. The minimum absolute atomic E-state index is 0.0353. The van der Waals surface area contributed by atoms with Crippen LogP contribution < -0.4 is 0 Å². The average molecular weight is 1890 g/mol. The number of aryl methyl sites for hydroxylation is 7. The molecule has 0 amide bonds. The largest absolute Gasteiger partial charge is 0.456 e. The summed E-state index contributed by atoms with van der Waals surface area (Å²) in [5.41, 5.74) is 40.8. The second kappa shape index (κ2) is 33.0. The Morgan fingerprint density at radius 2 is 0.459 bits per heavy atom. The molecular formula is C136H107N7O3. The summed E-state index contributed by atoms with van der Waals surface area (Å²) in [5.74, 6) is 0. The van der Waals surface area contributed by atoms with E-state index in [4.69, 9.17) is 13.3 Å². The van der Waals surface area contributed by atoms with Gasteiger partial charge in [-0.1, -0.05) is 339 Å². The topological polar surface area (TPSA) is 73.9 Å². The molecule has 10 heterocycles. The second-order valence-electron chi connectivity index (χ2n) is 41.6. The van der Waals surface area contributed by atoms with Gasteiger partial charge < -0.3 is 45.2 Å². The molecule has 146 heavy (non-hydrogen) atoms. The summed E-state index contributed by atoms with van der Waals surface area (Å²) in [5, 5.41) is 25.5. The molecule has 30 aromatic rings. The van der Waals surface area contributed by atoms with Crippen molar-refractivity contribution < 1.29 is 13.3 Å². The first kappa shape index (κ1) is 87.4. The molecule has 0 aliphatic heterocycles. The summed E-state index contributed by atoms with van der Waals surface area (Å²) in [4.78, 5) is 0. The van der Waals surface area contributed by atoms with Gasteiger partial charge in [-0.25, -0.2) is 0 Å². The van der Waals surface area contributed by atoms with Crippen molar-refractivity contribution in [1.82, 2.24) is 32.0 Å². The zero-order chi connectivity index (χ0) is 98.8. The zero-order valence-corrected chi connectivity index (χ0v) is 84.1. The van der Waals surface area contributed by atoms with Crippen molar-refractivity contribution in [2.45, 2.75) is 57.8 Å². The number of fused-ring (bicyclic) bond motifs is 43. The molecule has 33 rings (SSSR count). The lowest BCUT2D eigenvalue weighted by Crippen LogP contribution is -2.16. The van der Waals surface area contributed by atoms with Crippen LogP contribution in [0.15, 0.2) is 426 Å². The highest BCUT2D eigenvalue weighted by Crippen LogP contribution is 2.57. The van der Waals surface area contributed by atoms with Crippen LogP contribution in [0.3, 0.4) is 0 Å². The summed E-state index contributed by atoms with van der Waals surface area (Å²) in [6.45, 7) is 14.1. The van der Waals surface area contributed by atoms with Crippen LogP contribution in [0.4, 0.5) is 0 Å². The molecule has 0 saturated carbocycles. The number of aromatic nitrogens is 7. The van der Waals surface area contributed by atoms with Gasteiger partial charge in [-0.3, -0.25) is 0 Å². The van der Waals surface area contributed by atoms with Gasteiger partial charge in [-0.15, -0.1) is 0 Å². The zero-order valence-electron chi connectivity index (χ0n) is 84.1. The van der Waals surface area contributed by atoms with Gasteiger partial charge in [0.05, 0.1) is 27.5 Å². The Hall–Kier alpha value is -17.6. The molecule has 0 saturated heterocycles. The first-order valence-corrected chi connectivity index (χ1v) is 50.8. The van der Waals surface area contributed by atoms with E-state index < -0.39 is 0 Å². The van der Waals surface area contributed by atoms with Gasteiger partial charge >= 0.3 is 0 Å². The Morgan fingerprint density at radius 1 is 0.158 bits per heavy atom. The monoisotopic (exact) mass is 1890 g/mol. The fraction of sp³-hybridized carbons (Fsp3) is 0.118. The Labute approximate surface area is 844 Å². The van der Waals surface area contributed by atoms with Gasteiger partial charge in [0.15, 0.2) is 5.58 Å². The number of furan rings is 3. The lowest BCUT2D eigenvalue weighted by molar-refractivity contribution is 0.661. The third-order valence-electron chi connectivity index (χ3n) is 32.9. The number of para-hydroxylation sites is 11. The van der Waals surface area contributed by atoms with Crippen LogP contribution >= 0.6 is 0 Å². The highest BCUT2D eigenvalue weighted by molar-refractivity contribution is 6.25. The van der Waals surface area contributed by atoms with Gasteiger partial charge in [-0.05, 0) is 176 Å². The van der Waals surface area contributed by atoms with E-state index in [1.807, 2.05) is 36.4 Å². The number of hydrogen-bond acceptors (Lipinski definition) is 3. The number of benzene rings is 20. The van der Waals surface area contributed by atoms with Crippen molar-refractivity contribution in [2.24, 2.45) is 49.3 Å². The average Bonchev–Trinajstić information content (AvgIpc) is 1.55. The lowest BCUT2D eigenvalue weighted by atomic mass is 9.80. The van der Waals surface area contributed by atoms with E-state index in [0.29, 0.717) is 0 Å². The molecule has 0 fully saturated rings. The number of hydrogen-bond donors (Lipinski definition) is 0. The van der Waals surface area contributed by atoms with Crippen LogP contribution in [-0.4, -0.2) is 32.0 Å². The van der Waals surface area contributed by atoms with Gasteiger partial charge in [0.1, 0.15) is 27.9 Å². The minimum Gasteiger partial charge on any atom is -0.456 e. The molecule has 3 aliphatic rings. The SMILES string of the molecule is Cn1c2ccccc2c2c3c(ccc21)-c1ccccc1C3(C)C.Cn1c2ccccc2c2c3oc4ccccc4c3ccc21.Cn1c2ccccc2c2cc3c(cc21)C(C)(C)c1ccccc1-3.Cn1c2ccccc2c2cc3c(cc21)oc1ccccc13.Cn1c2ccccc2c2ccc3c(c21)C(C)(C)c1ccccc1-3.Cn1c2ccccc2c2ccc3c4ccccc4oc3c21.Cn1c2ccccc2c2ccccc21. The first-order chi connectivity index (χ1) is 71.2. The Balaban J connectivity index is 0.0000000848. The molecular weight excluding hydrogens is 1780 g/mol. The maximum atomic E-state index is 6.17. The first-order valence-electron chi connectivity index (χ1n) is 50.8. The summed E-state index contributed by atoms with van der Waals surface area (Å²) >= 11 is 0. The molecule has 0 atom stereocenters. The Morgan fingerprint density at radius 3 is 0.973 bits per heavy atom. The molecule has 0 radical (unpaired) electrons. The van der Waals surface area contributed by atoms with Crippen LogP contribution in [0.1, 0.15) is 74.9 Å². The van der Waals surface area contributed by atoms with E-state index in [9.17, 15) is 0 Å². The lowest BCUT2D eigenvalue weighted by Gasteiger charge is -2.23. The molecule has 3 aliphatic carbocycles. The van der Waals surface area contributed by atoms with Crippen molar-refractivity contribution in [2.75, 3.05) is 0 Å². The second-order valence-corrected chi connectivity index (χ2v) is 41.6. The van der Waals surface area contributed by atoms with Gasteiger partial charge in [-0.2, -0.15) is 0 Å². The highest BCUT2D eigenvalue weighted by atomic mass is 16.3. The van der Waals surface area contributed by atoms with Crippen molar-refractivity contribution >= 4 is 218 Å². The van der Waals surface area contributed by atoms with E-state index in [0.717, 1.165) is 33.5 Å². The minimum atomic E-state index is 0.0353. The Bertz CT molecular complexity index is 10600. The fourth-order valence-corrected chi connectivity index (χ4v) is 25.8. The number of rotatable bonds is 0. The van der Waals surface area contributed by atoms with Crippen LogP contribution in [0, 0.1) is 0 Å². The van der Waals surface area contributed by atoms with Gasteiger partial charge in [0.25, 0.3) is 0 Å². The summed E-state index contributed by atoms with van der Waals surface area (Å²) < 4.78 is 34.3. The van der Waals surface area contributed by atoms with Gasteiger partial charge in [0, 0.05) is 229 Å². The van der Waals surface area contributed by atoms with E-state index in [-0.39, 0.29) is 16.2 Å².